The summed E-state index contributed by atoms with van der Waals surface area (Å²) in [6, 6.07) is 4.13. The van der Waals surface area contributed by atoms with Gasteiger partial charge in [0.05, 0.1) is 11.5 Å². The first-order chi connectivity index (χ1) is 12.3. The van der Waals surface area contributed by atoms with Gasteiger partial charge in [0.1, 0.15) is 0 Å². The average Bonchev–Trinajstić information content (AvgIpc) is 3.23. The minimum absolute atomic E-state index is 0.0141. The van der Waals surface area contributed by atoms with Gasteiger partial charge in [-0.2, -0.15) is 0 Å². The smallest absolute Gasteiger partial charge is 0.233 e. The van der Waals surface area contributed by atoms with E-state index in [4.69, 9.17) is 4.42 Å². The van der Waals surface area contributed by atoms with Crippen molar-refractivity contribution in [2.24, 2.45) is 0 Å². The van der Waals surface area contributed by atoms with Gasteiger partial charge in [0.2, 0.25) is 11.7 Å². The van der Waals surface area contributed by atoms with Gasteiger partial charge < -0.3 is 9.73 Å². The average molecular weight is 377 g/mol. The number of thioether (sulfide) groups is 1. The zero-order valence-electron chi connectivity index (χ0n) is 16.0. The molecule has 2 aromatic heterocycles. The van der Waals surface area contributed by atoms with E-state index in [1.54, 1.807) is 6.26 Å². The first-order valence-corrected chi connectivity index (χ1v) is 10.2. The van der Waals surface area contributed by atoms with E-state index in [1.165, 1.54) is 31.0 Å². The summed E-state index contributed by atoms with van der Waals surface area (Å²) in [7, 11) is 0. The van der Waals surface area contributed by atoms with Gasteiger partial charge in [-0.3, -0.25) is 9.36 Å². The highest BCUT2D eigenvalue weighted by atomic mass is 32.2. The Morgan fingerprint density at radius 3 is 2.65 bits per heavy atom. The lowest BCUT2D eigenvalue weighted by Crippen LogP contribution is -2.44. The maximum absolute atomic E-state index is 12.5. The molecule has 2 heterocycles. The molecular weight excluding hydrogens is 348 g/mol. The van der Waals surface area contributed by atoms with Crippen LogP contribution < -0.4 is 5.32 Å². The second-order valence-electron chi connectivity index (χ2n) is 7.94. The number of carbonyl (C=O) groups is 1. The number of carbonyl (C=O) groups excluding carboxylic acids is 1. The van der Waals surface area contributed by atoms with Gasteiger partial charge in [-0.15, -0.1) is 10.2 Å². The molecule has 1 unspecified atom stereocenters. The normalized spacial score (nSPS) is 17.2. The van der Waals surface area contributed by atoms with E-state index in [0.29, 0.717) is 6.04 Å². The Labute approximate surface area is 159 Å². The van der Waals surface area contributed by atoms with E-state index in [1.807, 2.05) is 39.8 Å². The number of amides is 1. The van der Waals surface area contributed by atoms with Crippen molar-refractivity contribution in [1.29, 1.82) is 0 Å². The molecule has 1 amide bonds. The molecule has 2 aromatic rings. The van der Waals surface area contributed by atoms with Crippen molar-refractivity contribution < 1.29 is 9.21 Å². The predicted octanol–water partition coefficient (Wildman–Crippen LogP) is 4.44. The molecule has 1 aliphatic rings. The molecule has 142 valence electrons. The first kappa shape index (κ1) is 19.0. The molecule has 1 atom stereocenters. The number of hydrogen-bond acceptors (Lipinski definition) is 5. The molecule has 1 aliphatic carbocycles. The van der Waals surface area contributed by atoms with Crippen LogP contribution in [0.1, 0.15) is 65.8 Å². The van der Waals surface area contributed by atoms with Crippen LogP contribution in [0.5, 0.6) is 0 Å². The van der Waals surface area contributed by atoms with Crippen LogP contribution in [0.2, 0.25) is 0 Å². The van der Waals surface area contributed by atoms with Gasteiger partial charge in [-0.1, -0.05) is 31.0 Å². The van der Waals surface area contributed by atoms with Crippen molar-refractivity contribution in [3.8, 4) is 11.6 Å². The van der Waals surface area contributed by atoms with Crippen molar-refractivity contribution in [3.63, 3.8) is 0 Å². The zero-order valence-corrected chi connectivity index (χ0v) is 16.8. The summed E-state index contributed by atoms with van der Waals surface area (Å²) in [5, 5.41) is 12.4. The molecule has 1 saturated carbocycles. The molecule has 1 fully saturated rings. The Bertz CT molecular complexity index is 727. The van der Waals surface area contributed by atoms with E-state index < -0.39 is 0 Å². The standard InChI is InChI=1S/C19H28N4O2S/c1-13(17(24)20-19(2,3)4)26-18-22-21-16(15-11-8-12-25-15)23(18)14-9-6-5-7-10-14/h8,11-14H,5-7,9-10H2,1-4H3,(H,20,24). The van der Waals surface area contributed by atoms with Crippen LogP contribution in [-0.4, -0.2) is 31.5 Å². The summed E-state index contributed by atoms with van der Waals surface area (Å²) >= 11 is 1.47. The van der Waals surface area contributed by atoms with Crippen LogP contribution in [0.3, 0.4) is 0 Å². The highest BCUT2D eigenvalue weighted by Crippen LogP contribution is 2.36. The molecule has 0 aliphatic heterocycles. The molecule has 6 nitrogen and oxygen atoms in total. The molecule has 26 heavy (non-hydrogen) atoms. The van der Waals surface area contributed by atoms with Crippen LogP contribution in [0.25, 0.3) is 11.6 Å². The van der Waals surface area contributed by atoms with Crippen LogP contribution >= 0.6 is 11.8 Å². The number of nitrogens with zero attached hydrogens (tertiary/aromatic N) is 3. The third-order valence-electron chi connectivity index (χ3n) is 4.50. The van der Waals surface area contributed by atoms with Gasteiger partial charge in [-0.05, 0) is 52.7 Å². The lowest BCUT2D eigenvalue weighted by Gasteiger charge is -2.26. The summed E-state index contributed by atoms with van der Waals surface area (Å²) in [6.45, 7) is 7.88. The van der Waals surface area contributed by atoms with Crippen molar-refractivity contribution in [2.75, 3.05) is 0 Å². The summed E-state index contributed by atoms with van der Waals surface area (Å²) in [6.07, 6.45) is 7.59. The van der Waals surface area contributed by atoms with Crippen LogP contribution in [0, 0.1) is 0 Å². The Morgan fingerprint density at radius 2 is 2.04 bits per heavy atom. The maximum atomic E-state index is 12.5. The van der Waals surface area contributed by atoms with E-state index in [-0.39, 0.29) is 16.7 Å². The molecule has 3 rings (SSSR count). The van der Waals surface area contributed by atoms with Crippen molar-refractivity contribution in [2.45, 2.75) is 81.8 Å². The zero-order chi connectivity index (χ0) is 18.7. The van der Waals surface area contributed by atoms with Gasteiger partial charge in [-0.25, -0.2) is 0 Å². The molecule has 0 spiro atoms. The van der Waals surface area contributed by atoms with E-state index >= 15 is 0 Å². The van der Waals surface area contributed by atoms with Gasteiger partial charge in [0.25, 0.3) is 0 Å². The molecule has 0 radical (unpaired) electrons. The number of furan rings is 1. The third-order valence-corrected chi connectivity index (χ3v) is 5.55. The number of hydrogen-bond donors (Lipinski definition) is 1. The summed E-state index contributed by atoms with van der Waals surface area (Å²) in [5.41, 5.74) is -0.248. The molecule has 1 N–H and O–H groups in total. The van der Waals surface area contributed by atoms with Crippen LogP contribution in [-0.2, 0) is 4.79 Å². The van der Waals surface area contributed by atoms with Crippen molar-refractivity contribution >= 4 is 17.7 Å². The monoisotopic (exact) mass is 376 g/mol. The number of nitrogens with one attached hydrogen (secondary N) is 1. The Kier molecular flexibility index (Phi) is 5.75. The topological polar surface area (TPSA) is 73.0 Å². The minimum Gasteiger partial charge on any atom is -0.461 e. The second kappa shape index (κ2) is 7.86. The summed E-state index contributed by atoms with van der Waals surface area (Å²) in [4.78, 5) is 12.5. The number of aromatic nitrogens is 3. The minimum atomic E-state index is -0.248. The van der Waals surface area contributed by atoms with Gasteiger partial charge in [0.15, 0.2) is 10.9 Å². The Hall–Kier alpha value is -1.76. The Balaban J connectivity index is 1.85. The fraction of sp³-hybridized carbons (Fsp3) is 0.632. The van der Waals surface area contributed by atoms with Gasteiger partial charge >= 0.3 is 0 Å². The largest absolute Gasteiger partial charge is 0.461 e. The quantitative estimate of drug-likeness (QED) is 0.781. The molecule has 7 heteroatoms. The molecular formula is C19H28N4O2S. The molecule has 0 saturated heterocycles. The number of rotatable bonds is 5. The van der Waals surface area contributed by atoms with Crippen LogP contribution in [0.4, 0.5) is 0 Å². The lowest BCUT2D eigenvalue weighted by atomic mass is 9.95. The SMILES string of the molecule is CC(Sc1nnc(-c2ccco2)n1C1CCCCC1)C(=O)NC(C)(C)C. The van der Waals surface area contributed by atoms with Gasteiger partial charge in [0, 0.05) is 11.6 Å². The highest BCUT2D eigenvalue weighted by Gasteiger charge is 2.28. The van der Waals surface area contributed by atoms with Crippen LogP contribution in [0.15, 0.2) is 28.0 Å². The lowest BCUT2D eigenvalue weighted by molar-refractivity contribution is -0.121. The summed E-state index contributed by atoms with van der Waals surface area (Å²) < 4.78 is 7.75. The highest BCUT2D eigenvalue weighted by molar-refractivity contribution is 8.00. The predicted molar refractivity (Wildman–Crippen MR) is 103 cm³/mol. The second-order valence-corrected chi connectivity index (χ2v) is 9.25. The van der Waals surface area contributed by atoms with E-state index in [9.17, 15) is 4.79 Å². The Morgan fingerprint density at radius 1 is 1.31 bits per heavy atom. The third kappa shape index (κ3) is 4.50. The molecule has 0 aromatic carbocycles. The fourth-order valence-corrected chi connectivity index (χ4v) is 4.20. The van der Waals surface area contributed by atoms with Crippen molar-refractivity contribution in [1.82, 2.24) is 20.1 Å². The summed E-state index contributed by atoms with van der Waals surface area (Å²) in [5.74, 6) is 1.50. The van der Waals surface area contributed by atoms with E-state index in [2.05, 4.69) is 20.1 Å². The maximum Gasteiger partial charge on any atom is 0.233 e. The van der Waals surface area contributed by atoms with E-state index in [0.717, 1.165) is 29.6 Å². The van der Waals surface area contributed by atoms with Crippen molar-refractivity contribution in [3.05, 3.63) is 18.4 Å². The fourth-order valence-electron chi connectivity index (χ4n) is 3.28. The first-order valence-electron chi connectivity index (χ1n) is 9.32. The molecule has 0 bridgehead atoms.